The zero-order valence-corrected chi connectivity index (χ0v) is 16.7. The summed E-state index contributed by atoms with van der Waals surface area (Å²) in [6.45, 7) is 2.94. The molecule has 7 nitrogen and oxygen atoms in total. The summed E-state index contributed by atoms with van der Waals surface area (Å²) in [7, 11) is 0. The maximum Gasteiger partial charge on any atom is 0.260 e. The molecule has 4 rings (SSSR count). The highest BCUT2D eigenvalue weighted by Crippen LogP contribution is 2.39. The van der Waals surface area contributed by atoms with Crippen LogP contribution in [0.1, 0.15) is 31.4 Å². The van der Waals surface area contributed by atoms with Gasteiger partial charge in [0, 0.05) is 56.3 Å². The number of para-hydroxylation sites is 1. The summed E-state index contributed by atoms with van der Waals surface area (Å²) in [4.78, 5) is 36.2. The van der Waals surface area contributed by atoms with E-state index in [1.807, 2.05) is 40.1 Å². The van der Waals surface area contributed by atoms with Crippen LogP contribution in [-0.2, 0) is 16.0 Å². The Kier molecular flexibility index (Phi) is 5.83. The Morgan fingerprint density at radius 3 is 2.86 bits per heavy atom. The van der Waals surface area contributed by atoms with Crippen LogP contribution in [-0.4, -0.2) is 64.4 Å². The molecule has 0 bridgehead atoms. The topological polar surface area (TPSA) is 78.5 Å². The third-order valence-electron chi connectivity index (χ3n) is 6.07. The van der Waals surface area contributed by atoms with Crippen molar-refractivity contribution in [3.63, 3.8) is 0 Å². The van der Waals surface area contributed by atoms with E-state index >= 15 is 0 Å². The van der Waals surface area contributed by atoms with Gasteiger partial charge in [0.2, 0.25) is 5.91 Å². The number of carbonyl (C=O) groups excluding carboxylic acids is 2. The monoisotopic (exact) mass is 396 g/mol. The van der Waals surface area contributed by atoms with Gasteiger partial charge in [0.05, 0.1) is 6.33 Å². The number of likely N-dealkylation sites (tertiary alicyclic amines) is 2. The first kappa shape index (κ1) is 19.5. The van der Waals surface area contributed by atoms with Crippen LogP contribution >= 0.6 is 0 Å². The smallest absolute Gasteiger partial charge is 0.260 e. The highest BCUT2D eigenvalue weighted by Gasteiger charge is 2.42. The first-order valence-electron chi connectivity index (χ1n) is 10.3. The summed E-state index contributed by atoms with van der Waals surface area (Å²) >= 11 is 0. The number of carbonyl (C=O) groups is 2. The fourth-order valence-electron chi connectivity index (χ4n) is 4.49. The van der Waals surface area contributed by atoms with Gasteiger partial charge < -0.3 is 19.5 Å². The predicted molar refractivity (Wildman–Crippen MR) is 108 cm³/mol. The lowest BCUT2D eigenvalue weighted by Gasteiger charge is -2.48. The number of rotatable bonds is 6. The minimum atomic E-state index is 0.00253. The van der Waals surface area contributed by atoms with E-state index in [2.05, 4.69) is 9.97 Å². The van der Waals surface area contributed by atoms with Crippen LogP contribution in [0, 0.1) is 5.41 Å². The van der Waals surface area contributed by atoms with Crippen molar-refractivity contribution in [3.8, 4) is 5.75 Å². The Morgan fingerprint density at radius 2 is 2.07 bits per heavy atom. The maximum atomic E-state index is 12.7. The first-order chi connectivity index (χ1) is 14.1. The number of aromatic amines is 1. The molecule has 2 aliphatic rings. The minimum Gasteiger partial charge on any atom is -0.484 e. The van der Waals surface area contributed by atoms with E-state index in [-0.39, 0.29) is 23.8 Å². The van der Waals surface area contributed by atoms with Gasteiger partial charge in [-0.2, -0.15) is 0 Å². The summed E-state index contributed by atoms with van der Waals surface area (Å²) in [6, 6.07) is 9.43. The van der Waals surface area contributed by atoms with Crippen molar-refractivity contribution in [2.24, 2.45) is 5.41 Å². The van der Waals surface area contributed by atoms with Crippen LogP contribution in [0.5, 0.6) is 5.75 Å². The second-order valence-electron chi connectivity index (χ2n) is 8.16. The molecule has 2 aliphatic heterocycles. The van der Waals surface area contributed by atoms with Crippen molar-refractivity contribution in [2.75, 3.05) is 32.8 Å². The average Bonchev–Trinajstić information content (AvgIpc) is 3.27. The zero-order valence-electron chi connectivity index (χ0n) is 16.7. The lowest BCUT2D eigenvalue weighted by Crippen LogP contribution is -2.55. The highest BCUT2D eigenvalue weighted by molar-refractivity contribution is 5.79. The van der Waals surface area contributed by atoms with Crippen LogP contribution in [0.2, 0.25) is 0 Å². The van der Waals surface area contributed by atoms with Crippen LogP contribution in [0.3, 0.4) is 0 Å². The number of aromatic nitrogens is 2. The van der Waals surface area contributed by atoms with E-state index in [0.717, 1.165) is 44.5 Å². The molecule has 1 spiro atoms. The molecule has 1 atom stereocenters. The number of benzene rings is 1. The Balaban J connectivity index is 1.34. The van der Waals surface area contributed by atoms with Gasteiger partial charge in [-0.1, -0.05) is 18.2 Å². The second-order valence-corrected chi connectivity index (χ2v) is 8.16. The lowest BCUT2D eigenvalue weighted by atomic mass is 9.73. The van der Waals surface area contributed by atoms with Gasteiger partial charge in [-0.15, -0.1) is 0 Å². The van der Waals surface area contributed by atoms with Crippen LogP contribution in [0.25, 0.3) is 0 Å². The molecule has 0 aliphatic carbocycles. The summed E-state index contributed by atoms with van der Waals surface area (Å²) in [5, 5.41) is 0. The van der Waals surface area contributed by atoms with Gasteiger partial charge in [0.25, 0.3) is 5.91 Å². The number of hydrogen-bond acceptors (Lipinski definition) is 4. The van der Waals surface area contributed by atoms with Crippen molar-refractivity contribution in [1.82, 2.24) is 19.8 Å². The number of hydrogen-bond donors (Lipinski definition) is 1. The summed E-state index contributed by atoms with van der Waals surface area (Å²) < 4.78 is 5.65. The number of ether oxygens (including phenoxy) is 1. The fourth-order valence-corrected chi connectivity index (χ4v) is 4.49. The van der Waals surface area contributed by atoms with Crippen LogP contribution < -0.4 is 4.74 Å². The van der Waals surface area contributed by atoms with E-state index in [9.17, 15) is 9.59 Å². The second kappa shape index (κ2) is 8.68. The highest BCUT2D eigenvalue weighted by atomic mass is 16.5. The summed E-state index contributed by atoms with van der Waals surface area (Å²) in [5.41, 5.74) is 1.04. The number of H-pyrrole nitrogens is 1. The molecule has 2 saturated heterocycles. The van der Waals surface area contributed by atoms with Crippen molar-refractivity contribution in [2.45, 2.75) is 32.1 Å². The Labute approximate surface area is 171 Å². The number of nitrogens with one attached hydrogen (secondary N) is 1. The fraction of sp³-hybridized carbons (Fsp3) is 0.500. The maximum absolute atomic E-state index is 12.7. The Morgan fingerprint density at radius 1 is 1.21 bits per heavy atom. The molecule has 0 radical (unpaired) electrons. The third-order valence-corrected chi connectivity index (χ3v) is 6.07. The van der Waals surface area contributed by atoms with Gasteiger partial charge in [-0.3, -0.25) is 9.59 Å². The SMILES string of the molecule is O=C1CCC2(CCCN(C(=O)COc3ccccc3)C2)CN1CCc1cnc[nH]1. The minimum absolute atomic E-state index is 0.00253. The van der Waals surface area contributed by atoms with E-state index in [1.165, 1.54) is 0 Å². The number of nitrogens with zero attached hydrogens (tertiary/aromatic N) is 3. The Hall–Kier alpha value is -2.83. The molecule has 0 saturated carbocycles. The summed E-state index contributed by atoms with van der Waals surface area (Å²) in [6.07, 6.45) is 7.69. The molecule has 29 heavy (non-hydrogen) atoms. The number of imidazole rings is 1. The molecule has 1 aromatic carbocycles. The standard InChI is InChI=1S/C22H28N4O3/c27-20-7-10-22(16-26(20)12-8-18-13-23-17-24-18)9-4-11-25(15-22)21(28)14-29-19-5-2-1-3-6-19/h1-3,5-6,13,17H,4,7-12,14-16H2,(H,23,24). The molecular weight excluding hydrogens is 368 g/mol. The predicted octanol–water partition coefficient (Wildman–Crippen LogP) is 2.26. The van der Waals surface area contributed by atoms with Gasteiger partial charge >= 0.3 is 0 Å². The molecule has 2 amide bonds. The first-order valence-corrected chi connectivity index (χ1v) is 10.3. The van der Waals surface area contributed by atoms with E-state index in [0.29, 0.717) is 25.3 Å². The van der Waals surface area contributed by atoms with Gasteiger partial charge in [-0.05, 0) is 31.4 Å². The normalized spacial score (nSPS) is 22.1. The molecule has 3 heterocycles. The van der Waals surface area contributed by atoms with Gasteiger partial charge in [0.15, 0.2) is 6.61 Å². The average molecular weight is 396 g/mol. The zero-order chi connectivity index (χ0) is 20.1. The third kappa shape index (κ3) is 4.78. The van der Waals surface area contributed by atoms with E-state index in [4.69, 9.17) is 4.74 Å². The van der Waals surface area contributed by atoms with Crippen LogP contribution in [0.4, 0.5) is 0 Å². The number of amides is 2. The van der Waals surface area contributed by atoms with E-state index in [1.54, 1.807) is 12.5 Å². The van der Waals surface area contributed by atoms with Crippen molar-refractivity contribution in [1.29, 1.82) is 0 Å². The van der Waals surface area contributed by atoms with Gasteiger partial charge in [0.1, 0.15) is 5.75 Å². The largest absolute Gasteiger partial charge is 0.484 e. The quantitative estimate of drug-likeness (QED) is 0.812. The molecule has 1 aromatic heterocycles. The van der Waals surface area contributed by atoms with Crippen molar-refractivity contribution < 1.29 is 14.3 Å². The Bertz CT molecular complexity index is 824. The molecule has 2 fully saturated rings. The molecule has 2 aromatic rings. The van der Waals surface area contributed by atoms with Gasteiger partial charge in [-0.25, -0.2) is 4.98 Å². The van der Waals surface area contributed by atoms with Crippen molar-refractivity contribution >= 4 is 11.8 Å². The van der Waals surface area contributed by atoms with Crippen LogP contribution in [0.15, 0.2) is 42.9 Å². The number of piperidine rings is 2. The molecule has 1 unspecified atom stereocenters. The molecular formula is C22H28N4O3. The van der Waals surface area contributed by atoms with E-state index < -0.39 is 0 Å². The summed E-state index contributed by atoms with van der Waals surface area (Å²) in [5.74, 6) is 0.945. The van der Waals surface area contributed by atoms with Crippen molar-refractivity contribution in [3.05, 3.63) is 48.5 Å². The molecule has 7 heteroatoms. The molecule has 154 valence electrons. The molecule has 1 N–H and O–H groups in total. The lowest BCUT2D eigenvalue weighted by molar-refractivity contribution is -0.144.